The topological polar surface area (TPSA) is 50.1 Å². The van der Waals surface area contributed by atoms with Gasteiger partial charge in [0.05, 0.1) is 24.3 Å². The molecule has 0 aromatic heterocycles. The number of carbonyl (C=O) groups excluding carboxylic acids is 1. The summed E-state index contributed by atoms with van der Waals surface area (Å²) in [5.74, 6) is -0.335. The molecule has 0 fully saturated rings. The van der Waals surface area contributed by atoms with E-state index < -0.39 is 0 Å². The van der Waals surface area contributed by atoms with E-state index >= 15 is 0 Å². The lowest BCUT2D eigenvalue weighted by Crippen LogP contribution is -2.00. The zero-order chi connectivity index (χ0) is 15.2. The number of rotatable bonds is 4. The van der Waals surface area contributed by atoms with Gasteiger partial charge in [0.15, 0.2) is 0 Å². The Morgan fingerprint density at radius 1 is 1.19 bits per heavy atom. The number of aryl methyl sites for hydroxylation is 1. The van der Waals surface area contributed by atoms with E-state index in [-0.39, 0.29) is 5.97 Å². The lowest BCUT2D eigenvalue weighted by molar-refractivity contribution is 0.0600. The van der Waals surface area contributed by atoms with Crippen molar-refractivity contribution in [3.63, 3.8) is 0 Å². The fourth-order valence-corrected chi connectivity index (χ4v) is 2.83. The van der Waals surface area contributed by atoms with Crippen LogP contribution >= 0.6 is 11.8 Å². The molecule has 0 spiro atoms. The highest BCUT2D eigenvalue weighted by atomic mass is 32.2. The first-order chi connectivity index (χ1) is 10.2. The maximum Gasteiger partial charge on any atom is 0.337 e. The van der Waals surface area contributed by atoms with Crippen molar-refractivity contribution in [3.8, 4) is 6.07 Å². The van der Waals surface area contributed by atoms with E-state index in [0.717, 1.165) is 27.3 Å². The summed E-state index contributed by atoms with van der Waals surface area (Å²) in [6.07, 6.45) is 0.832. The molecule has 3 nitrogen and oxygen atoms in total. The Hall–Kier alpha value is -2.25. The third kappa shape index (κ3) is 3.65. The largest absolute Gasteiger partial charge is 0.465 e. The van der Waals surface area contributed by atoms with Crippen LogP contribution in [0, 0.1) is 11.3 Å². The van der Waals surface area contributed by atoms with E-state index in [0.29, 0.717) is 5.56 Å². The van der Waals surface area contributed by atoms with Crippen molar-refractivity contribution in [1.29, 1.82) is 5.26 Å². The second-order valence-electron chi connectivity index (χ2n) is 4.40. The molecule has 0 saturated carbocycles. The number of carbonyl (C=O) groups is 1. The SMILES string of the molecule is CCc1cc(Sc2ccc(C(=O)OC)cc2)ccc1C#N. The first-order valence-electron chi connectivity index (χ1n) is 6.57. The third-order valence-corrected chi connectivity index (χ3v) is 4.09. The van der Waals surface area contributed by atoms with Gasteiger partial charge in [0.1, 0.15) is 0 Å². The molecule has 0 aliphatic rings. The summed E-state index contributed by atoms with van der Waals surface area (Å²) >= 11 is 1.60. The van der Waals surface area contributed by atoms with Crippen molar-refractivity contribution in [1.82, 2.24) is 0 Å². The van der Waals surface area contributed by atoms with Gasteiger partial charge in [0.2, 0.25) is 0 Å². The molecule has 0 unspecified atom stereocenters. The standard InChI is InChI=1S/C17H15NO2S/c1-3-12-10-16(9-6-14(12)11-18)21-15-7-4-13(5-8-15)17(19)20-2/h4-10H,3H2,1-2H3. The number of ether oxygens (including phenoxy) is 1. The summed E-state index contributed by atoms with van der Waals surface area (Å²) in [5.41, 5.74) is 2.31. The minimum absolute atomic E-state index is 0.335. The number of esters is 1. The van der Waals surface area contributed by atoms with Crippen LogP contribution in [0.1, 0.15) is 28.4 Å². The Morgan fingerprint density at radius 3 is 2.43 bits per heavy atom. The van der Waals surface area contributed by atoms with E-state index in [4.69, 9.17) is 5.26 Å². The molecule has 0 atom stereocenters. The van der Waals surface area contributed by atoms with Gasteiger partial charge in [-0.15, -0.1) is 0 Å². The predicted molar refractivity (Wildman–Crippen MR) is 82.4 cm³/mol. The van der Waals surface area contributed by atoms with E-state index in [1.807, 2.05) is 37.3 Å². The number of nitrogens with zero attached hydrogens (tertiary/aromatic N) is 1. The van der Waals surface area contributed by atoms with Crippen LogP contribution in [0.25, 0.3) is 0 Å². The molecule has 0 N–H and O–H groups in total. The minimum Gasteiger partial charge on any atom is -0.465 e. The second kappa shape index (κ2) is 6.96. The molecule has 0 radical (unpaired) electrons. The van der Waals surface area contributed by atoms with E-state index in [1.165, 1.54) is 7.11 Å². The molecule has 2 aromatic rings. The van der Waals surface area contributed by atoms with Gasteiger partial charge < -0.3 is 4.74 Å². The Morgan fingerprint density at radius 2 is 1.86 bits per heavy atom. The molecule has 0 aliphatic carbocycles. The fraction of sp³-hybridized carbons (Fsp3) is 0.176. The molecular weight excluding hydrogens is 282 g/mol. The smallest absolute Gasteiger partial charge is 0.337 e. The Bertz CT molecular complexity index is 687. The fourth-order valence-electron chi connectivity index (χ4n) is 1.95. The maximum absolute atomic E-state index is 11.4. The zero-order valence-corrected chi connectivity index (χ0v) is 12.7. The average Bonchev–Trinajstić information content (AvgIpc) is 2.54. The third-order valence-electron chi connectivity index (χ3n) is 3.09. The highest BCUT2D eigenvalue weighted by Gasteiger charge is 2.06. The average molecular weight is 297 g/mol. The van der Waals surface area contributed by atoms with Gasteiger partial charge in [0, 0.05) is 9.79 Å². The van der Waals surface area contributed by atoms with Gasteiger partial charge in [-0.1, -0.05) is 18.7 Å². The zero-order valence-electron chi connectivity index (χ0n) is 11.9. The second-order valence-corrected chi connectivity index (χ2v) is 5.55. The summed E-state index contributed by atoms with van der Waals surface area (Å²) in [6, 6.07) is 15.3. The lowest BCUT2D eigenvalue weighted by Gasteiger charge is -2.06. The monoisotopic (exact) mass is 297 g/mol. The van der Waals surface area contributed by atoms with Crippen molar-refractivity contribution in [2.75, 3.05) is 7.11 Å². The summed E-state index contributed by atoms with van der Waals surface area (Å²) in [7, 11) is 1.37. The van der Waals surface area contributed by atoms with Crippen molar-refractivity contribution < 1.29 is 9.53 Å². The molecule has 106 valence electrons. The molecule has 0 aliphatic heterocycles. The van der Waals surface area contributed by atoms with E-state index in [2.05, 4.69) is 10.8 Å². The van der Waals surface area contributed by atoms with Gasteiger partial charge in [-0.3, -0.25) is 0 Å². The molecule has 0 heterocycles. The normalized spacial score (nSPS) is 9.95. The number of hydrogen-bond acceptors (Lipinski definition) is 4. The summed E-state index contributed by atoms with van der Waals surface area (Å²) in [6.45, 7) is 2.04. The highest BCUT2D eigenvalue weighted by molar-refractivity contribution is 7.99. The van der Waals surface area contributed by atoms with Crippen LogP contribution in [0.5, 0.6) is 0 Å². The molecule has 2 rings (SSSR count). The van der Waals surface area contributed by atoms with Crippen molar-refractivity contribution >= 4 is 17.7 Å². The molecule has 4 heteroatoms. The van der Waals surface area contributed by atoms with Gasteiger partial charge in [0.25, 0.3) is 0 Å². The van der Waals surface area contributed by atoms with Crippen LogP contribution in [-0.4, -0.2) is 13.1 Å². The Kier molecular flexibility index (Phi) is 5.02. The van der Waals surface area contributed by atoms with Crippen LogP contribution in [0.15, 0.2) is 52.3 Å². The molecule has 0 amide bonds. The molecule has 2 aromatic carbocycles. The molecule has 0 saturated heterocycles. The van der Waals surface area contributed by atoms with Crippen molar-refractivity contribution in [3.05, 3.63) is 59.2 Å². The quantitative estimate of drug-likeness (QED) is 0.799. The van der Waals surface area contributed by atoms with Gasteiger partial charge in [-0.25, -0.2) is 4.79 Å². The van der Waals surface area contributed by atoms with Gasteiger partial charge in [-0.2, -0.15) is 5.26 Å². The maximum atomic E-state index is 11.4. The van der Waals surface area contributed by atoms with E-state index in [1.54, 1.807) is 23.9 Å². The first kappa shape index (κ1) is 15.1. The van der Waals surface area contributed by atoms with Crippen molar-refractivity contribution in [2.24, 2.45) is 0 Å². The van der Waals surface area contributed by atoms with Crippen molar-refractivity contribution in [2.45, 2.75) is 23.1 Å². The number of benzene rings is 2. The number of methoxy groups -OCH3 is 1. The Labute approximate surface area is 128 Å². The summed E-state index contributed by atoms with van der Waals surface area (Å²) < 4.78 is 4.67. The lowest BCUT2D eigenvalue weighted by atomic mass is 10.1. The summed E-state index contributed by atoms with van der Waals surface area (Å²) in [4.78, 5) is 13.5. The first-order valence-corrected chi connectivity index (χ1v) is 7.38. The van der Waals surface area contributed by atoms with E-state index in [9.17, 15) is 4.79 Å². The number of nitriles is 1. The minimum atomic E-state index is -0.335. The van der Waals surface area contributed by atoms with Gasteiger partial charge >= 0.3 is 5.97 Å². The van der Waals surface area contributed by atoms with Gasteiger partial charge in [-0.05, 0) is 54.4 Å². The van der Waals surface area contributed by atoms with Crippen LogP contribution in [0.4, 0.5) is 0 Å². The molecule has 21 heavy (non-hydrogen) atoms. The molecule has 0 bridgehead atoms. The Balaban J connectivity index is 2.19. The van der Waals surface area contributed by atoms with Crippen LogP contribution < -0.4 is 0 Å². The van der Waals surface area contributed by atoms with Crippen LogP contribution in [-0.2, 0) is 11.2 Å². The predicted octanol–water partition coefficient (Wildman–Crippen LogP) is 4.06. The molecular formula is C17H15NO2S. The van der Waals surface area contributed by atoms with Crippen LogP contribution in [0.3, 0.4) is 0 Å². The van der Waals surface area contributed by atoms with Crippen LogP contribution in [0.2, 0.25) is 0 Å². The highest BCUT2D eigenvalue weighted by Crippen LogP contribution is 2.29. The summed E-state index contributed by atoms with van der Waals surface area (Å²) in [5, 5.41) is 9.04. The number of hydrogen-bond donors (Lipinski definition) is 0.